The number of allylic oxidation sites excluding steroid dienone is 1. The molecular weight excluding hydrogens is 753 g/mol. The number of nitrogens with zero attached hydrogens (tertiary/aromatic N) is 2. The van der Waals surface area contributed by atoms with Crippen LogP contribution in [-0.4, -0.2) is 17.0 Å². The Morgan fingerprint density at radius 3 is 1.65 bits per heavy atom. The normalized spacial score (nSPS) is 14.4. The van der Waals surface area contributed by atoms with E-state index >= 15 is 0 Å². The van der Waals surface area contributed by atoms with Crippen molar-refractivity contribution >= 4 is 50.8 Å². The van der Waals surface area contributed by atoms with Crippen LogP contribution in [0.3, 0.4) is 0 Å². The van der Waals surface area contributed by atoms with Gasteiger partial charge in [-0.15, -0.1) is 0 Å². The topological polar surface area (TPSA) is 28.5 Å². The van der Waals surface area contributed by atoms with Crippen molar-refractivity contribution in [3.63, 3.8) is 0 Å². The molecule has 0 spiro atoms. The Bertz CT molecular complexity index is 3360. The number of benzene rings is 9. The lowest BCUT2D eigenvalue weighted by Crippen LogP contribution is -2.15. The molecule has 0 bridgehead atoms. The second-order valence-electron chi connectivity index (χ2n) is 16.3. The minimum absolute atomic E-state index is 0.336. The first-order valence-electron chi connectivity index (χ1n) is 21.3. The van der Waals surface area contributed by atoms with Gasteiger partial charge in [0.25, 0.3) is 6.17 Å². The average molecular weight is 796 g/mol. The zero-order valence-electron chi connectivity index (χ0n) is 34.5. The fourth-order valence-electron chi connectivity index (χ4n) is 9.21. The Hall–Kier alpha value is -7.88. The lowest BCUT2D eigenvalue weighted by molar-refractivity contribution is -0.472. The maximum atomic E-state index is 6.50. The van der Waals surface area contributed by atoms with Crippen molar-refractivity contribution < 1.29 is 8.99 Å². The molecule has 1 unspecified atom stereocenters. The van der Waals surface area contributed by atoms with E-state index in [-0.39, 0.29) is 6.17 Å². The molecule has 0 N–H and O–H groups in total. The molecular formula is C59H43N2O+. The Morgan fingerprint density at radius 2 is 0.984 bits per heavy atom. The highest BCUT2D eigenvalue weighted by molar-refractivity contribution is 6.14. The second-order valence-corrected chi connectivity index (χ2v) is 16.3. The smallest absolute Gasteiger partial charge is 0.277 e. The molecule has 11 rings (SSSR count). The molecule has 0 saturated carbocycles. The van der Waals surface area contributed by atoms with Crippen LogP contribution in [0, 0.1) is 0 Å². The molecule has 3 nitrogen and oxygen atoms in total. The van der Waals surface area contributed by atoms with E-state index in [2.05, 4.69) is 218 Å². The Morgan fingerprint density at radius 1 is 0.468 bits per heavy atom. The summed E-state index contributed by atoms with van der Waals surface area (Å²) in [5.41, 5.74) is 17.8. The number of aliphatic imine (C=N–C) groups is 1. The lowest BCUT2D eigenvalue weighted by Gasteiger charge is -2.15. The molecule has 2 heterocycles. The van der Waals surface area contributed by atoms with Crippen LogP contribution in [0.25, 0.3) is 82.9 Å². The van der Waals surface area contributed by atoms with Crippen molar-refractivity contribution in [3.8, 4) is 44.5 Å². The van der Waals surface area contributed by atoms with Gasteiger partial charge in [0.1, 0.15) is 17.9 Å². The van der Waals surface area contributed by atoms with Crippen LogP contribution in [0.5, 0.6) is 0 Å². The maximum Gasteiger partial charge on any atom is 0.277 e. The van der Waals surface area contributed by atoms with Gasteiger partial charge in [-0.1, -0.05) is 164 Å². The molecule has 0 aliphatic carbocycles. The van der Waals surface area contributed by atoms with Gasteiger partial charge < -0.3 is 4.42 Å². The van der Waals surface area contributed by atoms with Crippen LogP contribution in [0.2, 0.25) is 0 Å². The van der Waals surface area contributed by atoms with Crippen molar-refractivity contribution in [1.29, 1.82) is 0 Å². The third-order valence-electron chi connectivity index (χ3n) is 12.3. The summed E-state index contributed by atoms with van der Waals surface area (Å²) < 4.78 is 8.63. The number of para-hydroxylation sites is 1. The maximum absolute atomic E-state index is 6.50. The molecule has 0 radical (unpaired) electrons. The fraction of sp³-hybridized carbons (Fsp3) is 0.0508. The van der Waals surface area contributed by atoms with E-state index in [1.165, 1.54) is 27.6 Å². The van der Waals surface area contributed by atoms with Crippen LogP contribution < -0.4 is 0 Å². The van der Waals surface area contributed by atoms with Crippen LogP contribution in [0.4, 0.5) is 0 Å². The van der Waals surface area contributed by atoms with Gasteiger partial charge in [0, 0.05) is 33.9 Å². The van der Waals surface area contributed by atoms with Crippen LogP contribution in [0.1, 0.15) is 36.2 Å². The minimum Gasteiger partial charge on any atom is -0.456 e. The van der Waals surface area contributed by atoms with Crippen molar-refractivity contribution in [1.82, 2.24) is 0 Å². The first-order valence-corrected chi connectivity index (χ1v) is 21.3. The van der Waals surface area contributed by atoms with Crippen LogP contribution in [0.15, 0.2) is 227 Å². The fourth-order valence-corrected chi connectivity index (χ4v) is 9.21. The molecule has 1 aromatic heterocycles. The SMILES string of the molecule is C=[N+]1C(c2ccc3ccc(-c4cc(-c5ccccc5)cc5oc6ccccc6c45)cc3c2)=C(C)CC(c2ccccc2)=NC1c1ccc(-c2ccc(-c3ccccc3)cc2)cc1. The number of rotatable bonds is 7. The number of hydrogen-bond donors (Lipinski definition) is 0. The van der Waals surface area contributed by atoms with Gasteiger partial charge >= 0.3 is 0 Å². The molecule has 1 aliphatic heterocycles. The number of hydrogen-bond acceptors (Lipinski definition) is 2. The highest BCUT2D eigenvalue weighted by atomic mass is 16.3. The quantitative estimate of drug-likeness (QED) is 0.148. The van der Waals surface area contributed by atoms with E-state index in [0.717, 1.165) is 83.2 Å². The van der Waals surface area contributed by atoms with Gasteiger partial charge in [0.05, 0.1) is 5.71 Å². The summed E-state index contributed by atoms with van der Waals surface area (Å²) in [7, 11) is 0. The summed E-state index contributed by atoms with van der Waals surface area (Å²) in [6.45, 7) is 7.00. The molecule has 1 atom stereocenters. The zero-order valence-corrected chi connectivity index (χ0v) is 34.5. The van der Waals surface area contributed by atoms with E-state index in [9.17, 15) is 0 Å². The van der Waals surface area contributed by atoms with Crippen molar-refractivity contribution in [2.24, 2.45) is 4.99 Å². The van der Waals surface area contributed by atoms with E-state index in [4.69, 9.17) is 16.1 Å². The third kappa shape index (κ3) is 6.84. The molecule has 0 amide bonds. The van der Waals surface area contributed by atoms with E-state index in [1.54, 1.807) is 0 Å². The van der Waals surface area contributed by atoms with Crippen LogP contribution in [-0.2, 0) is 0 Å². The van der Waals surface area contributed by atoms with Gasteiger partial charge in [-0.05, 0) is 116 Å². The third-order valence-corrected chi connectivity index (χ3v) is 12.3. The average Bonchev–Trinajstić information content (AvgIpc) is 3.66. The predicted molar refractivity (Wildman–Crippen MR) is 260 cm³/mol. The first kappa shape index (κ1) is 37.1. The van der Waals surface area contributed by atoms with Gasteiger partial charge in [0.2, 0.25) is 5.70 Å². The second kappa shape index (κ2) is 15.6. The molecule has 0 fully saturated rings. The number of furan rings is 1. The van der Waals surface area contributed by atoms with Crippen molar-refractivity contribution in [3.05, 3.63) is 235 Å². The Balaban J connectivity index is 0.989. The highest BCUT2D eigenvalue weighted by Gasteiger charge is 2.32. The molecule has 294 valence electrons. The van der Waals surface area contributed by atoms with Gasteiger partial charge in [0.15, 0.2) is 0 Å². The first-order chi connectivity index (χ1) is 30.5. The van der Waals surface area contributed by atoms with Crippen molar-refractivity contribution in [2.75, 3.05) is 0 Å². The molecule has 10 aromatic rings. The minimum atomic E-state index is -0.336. The van der Waals surface area contributed by atoms with Gasteiger partial charge in [-0.25, -0.2) is 4.99 Å². The summed E-state index contributed by atoms with van der Waals surface area (Å²) in [4.78, 5) is 5.50. The molecule has 62 heavy (non-hydrogen) atoms. The van der Waals surface area contributed by atoms with E-state index in [0.29, 0.717) is 6.42 Å². The zero-order chi connectivity index (χ0) is 41.6. The lowest BCUT2D eigenvalue weighted by atomic mass is 9.92. The van der Waals surface area contributed by atoms with Gasteiger partial charge in [-0.2, -0.15) is 4.58 Å². The van der Waals surface area contributed by atoms with Crippen molar-refractivity contribution in [2.45, 2.75) is 19.5 Å². The van der Waals surface area contributed by atoms with E-state index in [1.807, 2.05) is 6.07 Å². The summed E-state index contributed by atoms with van der Waals surface area (Å²) in [5.74, 6) is 0. The summed E-state index contributed by atoms with van der Waals surface area (Å²) in [5, 5.41) is 4.59. The Labute approximate surface area is 361 Å². The highest BCUT2D eigenvalue weighted by Crippen LogP contribution is 2.42. The van der Waals surface area contributed by atoms with Crippen LogP contribution >= 0.6 is 0 Å². The summed E-state index contributed by atoms with van der Waals surface area (Å²) in [6.07, 6.45) is 0.376. The van der Waals surface area contributed by atoms with Gasteiger partial charge in [-0.3, -0.25) is 0 Å². The molecule has 9 aromatic carbocycles. The molecule has 0 saturated heterocycles. The Kier molecular flexibility index (Phi) is 9.36. The number of fused-ring (bicyclic) bond motifs is 4. The largest absolute Gasteiger partial charge is 0.456 e. The monoisotopic (exact) mass is 795 g/mol. The predicted octanol–water partition coefficient (Wildman–Crippen LogP) is 15.4. The molecule has 3 heteroatoms. The summed E-state index contributed by atoms with van der Waals surface area (Å²) in [6, 6.07) is 75.8. The van der Waals surface area contributed by atoms with E-state index < -0.39 is 0 Å². The summed E-state index contributed by atoms with van der Waals surface area (Å²) >= 11 is 0. The standard InChI is InChI=1S/C59H43N2O/c1-39-34-54(46-18-10-5-11-19-46)60-59(47-30-26-44(27-31-47)43-24-22-42(23-25-43)40-14-6-3-7-15-40)61(2)58(39)49-33-29-45-28-32-48(35-50(45)36-49)53-37-51(41-16-8-4-9-17-41)38-56-57(53)52-20-12-13-21-55(52)62-56/h3-33,35-38,59H,2,34H2,1H3/q+1. The molecule has 1 aliphatic rings.